The molecule has 3 rings (SSSR count). The Kier molecular flexibility index (Phi) is 5.47. The molecule has 0 saturated carbocycles. The molecular formula is C20H22N2O2. The first-order chi connectivity index (χ1) is 11.7. The average molecular weight is 322 g/mol. The molecule has 0 bridgehead atoms. The second kappa shape index (κ2) is 7.96. The van der Waals surface area contributed by atoms with E-state index >= 15 is 0 Å². The van der Waals surface area contributed by atoms with Gasteiger partial charge in [0.2, 0.25) is 0 Å². The van der Waals surface area contributed by atoms with Crippen molar-refractivity contribution in [2.45, 2.75) is 18.4 Å². The van der Waals surface area contributed by atoms with Crippen molar-refractivity contribution in [3.05, 3.63) is 65.7 Å². The fourth-order valence-corrected chi connectivity index (χ4v) is 3.16. The maximum atomic E-state index is 10.2. The van der Waals surface area contributed by atoms with Gasteiger partial charge in [0, 0.05) is 13.1 Å². The van der Waals surface area contributed by atoms with Crippen LogP contribution < -0.4 is 4.74 Å². The zero-order chi connectivity index (χ0) is 16.8. The van der Waals surface area contributed by atoms with Crippen LogP contribution in [-0.2, 0) is 0 Å². The molecule has 0 spiro atoms. The number of benzene rings is 2. The summed E-state index contributed by atoms with van der Waals surface area (Å²) in [6, 6.07) is 19.6. The predicted molar refractivity (Wildman–Crippen MR) is 92.9 cm³/mol. The Balaban J connectivity index is 1.44. The van der Waals surface area contributed by atoms with Crippen LogP contribution in [0.2, 0.25) is 0 Å². The molecule has 2 aromatic carbocycles. The maximum Gasteiger partial charge on any atom is 0.119 e. The third kappa shape index (κ3) is 4.35. The van der Waals surface area contributed by atoms with Crippen molar-refractivity contribution in [1.29, 1.82) is 5.26 Å². The van der Waals surface area contributed by atoms with Gasteiger partial charge < -0.3 is 14.7 Å². The largest absolute Gasteiger partial charge is 0.491 e. The van der Waals surface area contributed by atoms with E-state index in [1.165, 1.54) is 5.56 Å². The van der Waals surface area contributed by atoms with Crippen LogP contribution in [0.4, 0.5) is 0 Å². The molecule has 1 saturated heterocycles. The van der Waals surface area contributed by atoms with E-state index in [1.54, 1.807) is 24.3 Å². The quantitative estimate of drug-likeness (QED) is 0.888. The summed E-state index contributed by atoms with van der Waals surface area (Å²) in [5.41, 5.74) is 1.98. The molecule has 1 heterocycles. The van der Waals surface area contributed by atoms with Crippen molar-refractivity contribution < 1.29 is 9.84 Å². The minimum atomic E-state index is -0.518. The second-order valence-corrected chi connectivity index (χ2v) is 6.26. The summed E-state index contributed by atoms with van der Waals surface area (Å²) in [5.74, 6) is 1.23. The van der Waals surface area contributed by atoms with Gasteiger partial charge >= 0.3 is 0 Å². The van der Waals surface area contributed by atoms with E-state index in [-0.39, 0.29) is 6.61 Å². The SMILES string of the molecule is N#Cc1ccc(OC[C@H](O)CN2CC[C@H](c3ccccc3)C2)cc1. The van der Waals surface area contributed by atoms with Crippen molar-refractivity contribution in [3.8, 4) is 11.8 Å². The van der Waals surface area contributed by atoms with Gasteiger partial charge in [-0.25, -0.2) is 0 Å². The van der Waals surface area contributed by atoms with Crippen molar-refractivity contribution in [2.24, 2.45) is 0 Å². The van der Waals surface area contributed by atoms with Crippen LogP contribution in [0.5, 0.6) is 5.75 Å². The average Bonchev–Trinajstić information content (AvgIpc) is 3.09. The molecule has 124 valence electrons. The Hall–Kier alpha value is -2.35. The number of nitrogens with zero attached hydrogens (tertiary/aromatic N) is 2. The molecule has 4 heteroatoms. The molecule has 2 aromatic rings. The Morgan fingerprint density at radius 1 is 1.17 bits per heavy atom. The van der Waals surface area contributed by atoms with Crippen LogP contribution in [0.1, 0.15) is 23.5 Å². The van der Waals surface area contributed by atoms with E-state index in [9.17, 15) is 5.11 Å². The molecule has 0 amide bonds. The highest BCUT2D eigenvalue weighted by molar-refractivity contribution is 5.34. The van der Waals surface area contributed by atoms with Crippen molar-refractivity contribution in [3.63, 3.8) is 0 Å². The summed E-state index contributed by atoms with van der Waals surface area (Å²) in [5, 5.41) is 19.0. The second-order valence-electron chi connectivity index (χ2n) is 6.26. The Bertz CT molecular complexity index is 679. The lowest BCUT2D eigenvalue weighted by atomic mass is 9.99. The van der Waals surface area contributed by atoms with Gasteiger partial charge in [0.1, 0.15) is 18.5 Å². The predicted octanol–water partition coefficient (Wildman–Crippen LogP) is 2.79. The molecule has 1 aliphatic heterocycles. The number of hydrogen-bond acceptors (Lipinski definition) is 4. The van der Waals surface area contributed by atoms with Crippen molar-refractivity contribution >= 4 is 0 Å². The lowest BCUT2D eigenvalue weighted by molar-refractivity contribution is 0.0754. The van der Waals surface area contributed by atoms with E-state index in [4.69, 9.17) is 10.00 Å². The standard InChI is InChI=1S/C20H22N2O2/c21-12-16-6-8-20(9-7-16)24-15-19(23)14-22-11-10-18(13-22)17-4-2-1-3-5-17/h1-9,18-19,23H,10-11,13-15H2/t18-,19+/m0/s1. The van der Waals surface area contributed by atoms with Gasteiger partial charge in [0.25, 0.3) is 0 Å². The zero-order valence-corrected chi connectivity index (χ0v) is 13.6. The Labute approximate surface area is 142 Å². The van der Waals surface area contributed by atoms with Gasteiger partial charge in [-0.1, -0.05) is 30.3 Å². The Morgan fingerprint density at radius 3 is 2.62 bits per heavy atom. The highest BCUT2D eigenvalue weighted by Gasteiger charge is 2.25. The van der Waals surface area contributed by atoms with Gasteiger partial charge in [0.15, 0.2) is 0 Å². The summed E-state index contributed by atoms with van der Waals surface area (Å²) < 4.78 is 5.60. The number of aliphatic hydroxyl groups is 1. The highest BCUT2D eigenvalue weighted by atomic mass is 16.5. The van der Waals surface area contributed by atoms with Gasteiger partial charge in [-0.2, -0.15) is 5.26 Å². The van der Waals surface area contributed by atoms with E-state index in [2.05, 4.69) is 35.2 Å². The lowest BCUT2D eigenvalue weighted by Crippen LogP contribution is -2.34. The van der Waals surface area contributed by atoms with Gasteiger partial charge in [-0.05, 0) is 48.7 Å². The molecule has 0 unspecified atom stereocenters. The third-order valence-corrected chi connectivity index (χ3v) is 4.44. The van der Waals surface area contributed by atoms with Crippen LogP contribution in [-0.4, -0.2) is 42.4 Å². The topological polar surface area (TPSA) is 56.5 Å². The minimum absolute atomic E-state index is 0.262. The lowest BCUT2D eigenvalue weighted by Gasteiger charge is -2.20. The number of ether oxygens (including phenoxy) is 1. The number of rotatable bonds is 6. The molecule has 0 aliphatic carbocycles. The molecule has 1 aliphatic rings. The van der Waals surface area contributed by atoms with Crippen LogP contribution in [0.15, 0.2) is 54.6 Å². The fraction of sp³-hybridized carbons (Fsp3) is 0.350. The van der Waals surface area contributed by atoms with Crippen LogP contribution in [0, 0.1) is 11.3 Å². The summed E-state index contributed by atoms with van der Waals surface area (Å²) in [7, 11) is 0. The molecule has 24 heavy (non-hydrogen) atoms. The van der Waals surface area contributed by atoms with Crippen molar-refractivity contribution in [2.75, 3.05) is 26.2 Å². The van der Waals surface area contributed by atoms with Crippen LogP contribution in [0.3, 0.4) is 0 Å². The Morgan fingerprint density at radius 2 is 1.92 bits per heavy atom. The van der Waals surface area contributed by atoms with Gasteiger partial charge in [0.05, 0.1) is 11.6 Å². The molecule has 0 radical (unpaired) electrons. The maximum absolute atomic E-state index is 10.2. The monoisotopic (exact) mass is 322 g/mol. The van der Waals surface area contributed by atoms with E-state index in [1.807, 2.05) is 6.07 Å². The number of hydrogen-bond donors (Lipinski definition) is 1. The number of likely N-dealkylation sites (tertiary alicyclic amines) is 1. The van der Waals surface area contributed by atoms with Crippen molar-refractivity contribution in [1.82, 2.24) is 4.90 Å². The number of aliphatic hydroxyl groups excluding tert-OH is 1. The smallest absolute Gasteiger partial charge is 0.119 e. The first-order valence-corrected chi connectivity index (χ1v) is 8.33. The summed E-state index contributed by atoms with van der Waals surface area (Å²) in [6.45, 7) is 2.88. The summed E-state index contributed by atoms with van der Waals surface area (Å²) >= 11 is 0. The minimum Gasteiger partial charge on any atom is -0.491 e. The first-order valence-electron chi connectivity index (χ1n) is 8.33. The number of nitriles is 1. The summed E-state index contributed by atoms with van der Waals surface area (Å²) in [6.07, 6.45) is 0.614. The first kappa shape index (κ1) is 16.5. The molecule has 0 aromatic heterocycles. The molecule has 4 nitrogen and oxygen atoms in total. The van der Waals surface area contributed by atoms with Crippen LogP contribution >= 0.6 is 0 Å². The molecule has 1 fully saturated rings. The molecule has 2 atom stereocenters. The number of β-amino-alcohol motifs (C(OH)–C–C–N with tert-alkyl or cyclic N) is 1. The highest BCUT2D eigenvalue weighted by Crippen LogP contribution is 2.26. The molecular weight excluding hydrogens is 300 g/mol. The van der Waals surface area contributed by atoms with E-state index in [0.29, 0.717) is 23.8 Å². The van der Waals surface area contributed by atoms with Gasteiger partial charge in [-0.3, -0.25) is 0 Å². The van der Waals surface area contributed by atoms with Crippen LogP contribution in [0.25, 0.3) is 0 Å². The normalized spacial score (nSPS) is 18.9. The summed E-state index contributed by atoms with van der Waals surface area (Å²) in [4.78, 5) is 2.30. The third-order valence-electron chi connectivity index (χ3n) is 4.44. The molecule has 1 N–H and O–H groups in total. The van der Waals surface area contributed by atoms with Gasteiger partial charge in [-0.15, -0.1) is 0 Å². The van der Waals surface area contributed by atoms with E-state index < -0.39 is 6.10 Å². The van der Waals surface area contributed by atoms with E-state index in [0.717, 1.165) is 19.5 Å². The fourth-order valence-electron chi connectivity index (χ4n) is 3.16. The zero-order valence-electron chi connectivity index (χ0n) is 13.6.